The molecule has 4 saturated carbocycles. The lowest BCUT2D eigenvalue weighted by atomic mass is 9.44. The molecule has 2 nitrogen and oxygen atoms in total. The summed E-state index contributed by atoms with van der Waals surface area (Å²) in [6.07, 6.45) is 12.2. The van der Waals surface area contributed by atoms with Gasteiger partial charge in [-0.05, 0) is 112 Å². The van der Waals surface area contributed by atoms with Gasteiger partial charge in [-0.15, -0.1) is 0 Å². The Morgan fingerprint density at radius 3 is 2.42 bits per heavy atom. The fourth-order valence-electron chi connectivity index (χ4n) is 8.45. The number of hydrogen-bond acceptors (Lipinski definition) is 2. The molecule has 26 heavy (non-hydrogen) atoms. The molecule has 0 saturated heterocycles. The van der Waals surface area contributed by atoms with Gasteiger partial charge in [0.2, 0.25) is 0 Å². The highest BCUT2D eigenvalue weighted by atomic mass is 16.5. The first-order chi connectivity index (χ1) is 12.4. The molecule has 0 aromatic rings. The van der Waals surface area contributed by atoms with E-state index in [1.807, 2.05) is 6.92 Å². The molecule has 2 heteroatoms. The zero-order valence-corrected chi connectivity index (χ0v) is 17.6. The molecule has 8 atom stereocenters. The Balaban J connectivity index is 1.51. The molecular weight excluding hydrogens is 320 g/mol. The van der Waals surface area contributed by atoms with Gasteiger partial charge in [0.25, 0.3) is 0 Å². The van der Waals surface area contributed by atoms with Crippen LogP contribution in [0.4, 0.5) is 0 Å². The van der Waals surface area contributed by atoms with E-state index in [1.54, 1.807) is 0 Å². The van der Waals surface area contributed by atoms with E-state index in [2.05, 4.69) is 20.8 Å². The fraction of sp³-hybridized carbons (Fsp3) is 0.958. The lowest BCUT2D eigenvalue weighted by Crippen LogP contribution is -2.54. The van der Waals surface area contributed by atoms with E-state index in [9.17, 15) is 4.79 Å². The quantitative estimate of drug-likeness (QED) is 0.625. The second-order valence-electron chi connectivity index (χ2n) is 10.7. The van der Waals surface area contributed by atoms with Crippen molar-refractivity contribution in [3.05, 3.63) is 0 Å². The van der Waals surface area contributed by atoms with Gasteiger partial charge < -0.3 is 4.74 Å². The van der Waals surface area contributed by atoms with E-state index in [1.165, 1.54) is 51.4 Å². The van der Waals surface area contributed by atoms with Crippen molar-refractivity contribution in [3.63, 3.8) is 0 Å². The van der Waals surface area contributed by atoms with Crippen LogP contribution in [-0.4, -0.2) is 19.0 Å². The van der Waals surface area contributed by atoms with Gasteiger partial charge >= 0.3 is 0 Å². The van der Waals surface area contributed by atoms with Crippen molar-refractivity contribution >= 4 is 5.78 Å². The van der Waals surface area contributed by atoms with Crippen LogP contribution < -0.4 is 0 Å². The third kappa shape index (κ3) is 2.81. The third-order valence-corrected chi connectivity index (χ3v) is 9.82. The zero-order valence-electron chi connectivity index (χ0n) is 17.6. The second kappa shape index (κ2) is 6.90. The summed E-state index contributed by atoms with van der Waals surface area (Å²) in [7, 11) is 0. The first kappa shape index (κ1) is 19.0. The Kier molecular flexibility index (Phi) is 5.04. The molecule has 0 aliphatic heterocycles. The van der Waals surface area contributed by atoms with E-state index in [4.69, 9.17) is 4.74 Å². The molecule has 4 aliphatic rings. The van der Waals surface area contributed by atoms with E-state index >= 15 is 0 Å². The van der Waals surface area contributed by atoms with Crippen LogP contribution in [0.15, 0.2) is 0 Å². The molecule has 4 rings (SSSR count). The van der Waals surface area contributed by atoms with Crippen molar-refractivity contribution in [3.8, 4) is 0 Å². The molecule has 0 N–H and O–H groups in total. The predicted molar refractivity (Wildman–Crippen MR) is 106 cm³/mol. The SMILES string of the molecule is CCOCC1CC[C@@]2(C)C(CC[C@H]3[C@@H]4CC[C@H](C(C)=O)[C@@]4(C)CC[C@@H]32)C1. The molecule has 0 amide bonds. The number of Topliss-reactive ketones (excluding diaryl/α,β-unsaturated/α-hetero) is 1. The van der Waals surface area contributed by atoms with Crippen LogP contribution in [0.25, 0.3) is 0 Å². The molecule has 2 unspecified atom stereocenters. The minimum atomic E-state index is 0.308. The predicted octanol–water partition coefficient (Wildman–Crippen LogP) is 5.89. The Morgan fingerprint density at radius 2 is 1.69 bits per heavy atom. The third-order valence-electron chi connectivity index (χ3n) is 9.82. The molecule has 0 aromatic carbocycles. The van der Waals surface area contributed by atoms with Crippen molar-refractivity contribution in [2.45, 2.75) is 85.5 Å². The summed E-state index contributed by atoms with van der Waals surface area (Å²) in [6, 6.07) is 0. The minimum Gasteiger partial charge on any atom is -0.381 e. The maximum absolute atomic E-state index is 12.3. The summed E-state index contributed by atoms with van der Waals surface area (Å²) in [5, 5.41) is 0. The Labute approximate surface area is 160 Å². The number of ketones is 1. The number of carbonyl (C=O) groups is 1. The van der Waals surface area contributed by atoms with Gasteiger partial charge in [0.05, 0.1) is 0 Å². The van der Waals surface area contributed by atoms with Crippen molar-refractivity contribution in [2.24, 2.45) is 46.3 Å². The first-order valence-corrected chi connectivity index (χ1v) is 11.5. The monoisotopic (exact) mass is 360 g/mol. The summed E-state index contributed by atoms with van der Waals surface area (Å²) in [5.41, 5.74) is 0.865. The molecular formula is C24H40O2. The highest BCUT2D eigenvalue weighted by Gasteiger charge is 2.60. The molecule has 4 aliphatic carbocycles. The van der Waals surface area contributed by atoms with Crippen LogP contribution in [0, 0.1) is 46.3 Å². The summed E-state index contributed by atoms with van der Waals surface area (Å²) in [5.74, 6) is 5.14. The second-order valence-corrected chi connectivity index (χ2v) is 10.7. The van der Waals surface area contributed by atoms with E-state index in [0.717, 1.165) is 49.2 Å². The Hall–Kier alpha value is -0.370. The normalized spacial score (nSPS) is 50.6. The van der Waals surface area contributed by atoms with Gasteiger partial charge in [0.1, 0.15) is 5.78 Å². The van der Waals surface area contributed by atoms with Crippen molar-refractivity contribution in [1.29, 1.82) is 0 Å². The molecule has 148 valence electrons. The zero-order chi connectivity index (χ0) is 18.5. The van der Waals surface area contributed by atoms with Gasteiger partial charge in [-0.2, -0.15) is 0 Å². The molecule has 4 fully saturated rings. The minimum absolute atomic E-state index is 0.308. The standard InChI is InChI=1S/C24H40O2/c1-5-26-15-17-10-12-23(3)18(14-17)6-7-19-21-9-8-20(16(2)25)24(21,4)13-11-22(19)23/h17-22H,5-15H2,1-4H3/t17?,18?,19-,20+,21-,22-,23-,24+/m0/s1. The number of carbonyl (C=O) groups excluding carboxylic acids is 1. The average molecular weight is 361 g/mol. The van der Waals surface area contributed by atoms with Gasteiger partial charge in [-0.3, -0.25) is 4.79 Å². The molecule has 0 radical (unpaired) electrons. The molecule has 0 spiro atoms. The van der Waals surface area contributed by atoms with Crippen LogP contribution in [0.5, 0.6) is 0 Å². The van der Waals surface area contributed by atoms with Gasteiger partial charge in [-0.25, -0.2) is 0 Å². The Morgan fingerprint density at radius 1 is 0.962 bits per heavy atom. The van der Waals surface area contributed by atoms with Crippen molar-refractivity contribution < 1.29 is 9.53 Å². The summed E-state index contributed by atoms with van der Waals surface area (Å²) < 4.78 is 5.76. The molecule has 0 bridgehead atoms. The highest BCUT2D eigenvalue weighted by molar-refractivity contribution is 5.79. The lowest BCUT2D eigenvalue weighted by molar-refractivity contribution is -0.136. The van der Waals surface area contributed by atoms with E-state index in [-0.39, 0.29) is 0 Å². The van der Waals surface area contributed by atoms with Crippen LogP contribution in [0.2, 0.25) is 0 Å². The number of fused-ring (bicyclic) bond motifs is 5. The number of rotatable bonds is 4. The summed E-state index contributed by atoms with van der Waals surface area (Å²) in [6.45, 7) is 10.9. The summed E-state index contributed by atoms with van der Waals surface area (Å²) >= 11 is 0. The smallest absolute Gasteiger partial charge is 0.133 e. The van der Waals surface area contributed by atoms with Crippen LogP contribution in [-0.2, 0) is 9.53 Å². The highest BCUT2D eigenvalue weighted by Crippen LogP contribution is 2.67. The summed E-state index contributed by atoms with van der Waals surface area (Å²) in [4.78, 5) is 12.3. The maximum Gasteiger partial charge on any atom is 0.133 e. The van der Waals surface area contributed by atoms with Crippen LogP contribution >= 0.6 is 0 Å². The number of hydrogen-bond donors (Lipinski definition) is 0. The van der Waals surface area contributed by atoms with Crippen LogP contribution in [0.3, 0.4) is 0 Å². The Bertz CT molecular complexity index is 542. The van der Waals surface area contributed by atoms with Gasteiger partial charge in [-0.1, -0.05) is 13.8 Å². The van der Waals surface area contributed by atoms with Crippen molar-refractivity contribution in [2.75, 3.05) is 13.2 Å². The lowest BCUT2D eigenvalue weighted by Gasteiger charge is -2.61. The van der Waals surface area contributed by atoms with Gasteiger partial charge in [0.15, 0.2) is 0 Å². The topological polar surface area (TPSA) is 26.3 Å². The fourth-order valence-corrected chi connectivity index (χ4v) is 8.45. The van der Waals surface area contributed by atoms with Gasteiger partial charge in [0, 0.05) is 19.1 Å². The first-order valence-electron chi connectivity index (χ1n) is 11.5. The van der Waals surface area contributed by atoms with Crippen molar-refractivity contribution in [1.82, 2.24) is 0 Å². The number of ether oxygens (including phenoxy) is 1. The molecule has 0 heterocycles. The molecule has 0 aromatic heterocycles. The van der Waals surface area contributed by atoms with Crippen LogP contribution in [0.1, 0.15) is 85.5 Å². The van der Waals surface area contributed by atoms with E-state index < -0.39 is 0 Å². The largest absolute Gasteiger partial charge is 0.381 e. The average Bonchev–Trinajstić information content (AvgIpc) is 2.97. The van der Waals surface area contributed by atoms with E-state index in [0.29, 0.717) is 22.5 Å². The maximum atomic E-state index is 12.3.